The highest BCUT2D eigenvalue weighted by atomic mass is 32.2. The maximum absolute atomic E-state index is 11.6. The first-order chi connectivity index (χ1) is 13.7. The lowest BCUT2D eigenvalue weighted by Gasteiger charge is -2.32. The van der Waals surface area contributed by atoms with Crippen LogP contribution in [0, 0.1) is 0 Å². The molecule has 1 N–H and O–H groups in total. The quantitative estimate of drug-likeness (QED) is 0.618. The van der Waals surface area contributed by atoms with Crippen LogP contribution in [0.1, 0.15) is 40.2 Å². The second-order valence-corrected chi connectivity index (χ2v) is 9.32. The van der Waals surface area contributed by atoms with Gasteiger partial charge in [0.05, 0.1) is 11.2 Å². The van der Waals surface area contributed by atoms with Gasteiger partial charge in [-0.3, -0.25) is 4.79 Å². The van der Waals surface area contributed by atoms with E-state index in [1.54, 1.807) is 6.92 Å². The molecular formula is C23H28BNO3S. The summed E-state index contributed by atoms with van der Waals surface area (Å²) in [5, 5.41) is 3.54. The highest BCUT2D eigenvalue weighted by Gasteiger charge is 2.52. The number of rotatable bonds is 6. The van der Waals surface area contributed by atoms with Crippen LogP contribution in [0.15, 0.2) is 60.1 Å². The van der Waals surface area contributed by atoms with Crippen molar-refractivity contribution < 1.29 is 14.1 Å². The van der Waals surface area contributed by atoms with Gasteiger partial charge in [-0.15, -0.1) is 0 Å². The lowest BCUT2D eigenvalue weighted by molar-refractivity contribution is -0.109. The molecule has 0 unspecified atom stereocenters. The molecule has 4 nitrogen and oxygen atoms in total. The van der Waals surface area contributed by atoms with Crippen LogP contribution in [0.5, 0.6) is 0 Å². The number of nitrogens with one attached hydrogen (secondary N) is 1. The van der Waals surface area contributed by atoms with Crippen molar-refractivity contribution in [3.05, 3.63) is 65.6 Å². The maximum atomic E-state index is 11.6. The predicted octanol–water partition coefficient (Wildman–Crippen LogP) is 5.72. The van der Waals surface area contributed by atoms with E-state index in [0.29, 0.717) is 5.75 Å². The SMILES string of the molecule is CC(=O)SCC(=Cc1ccccc1Nc1ccccc1)B1OC(C)(C)C(C)(C)O1. The van der Waals surface area contributed by atoms with Gasteiger partial charge in [0.25, 0.3) is 0 Å². The standard InChI is InChI=1S/C23H28BNO3S/c1-17(26)29-16-19(24-27-22(2,3)23(4,5)28-24)15-18-11-9-10-14-21(18)25-20-12-7-6-8-13-20/h6-15,25H,16H2,1-5H3. The smallest absolute Gasteiger partial charge is 0.400 e. The van der Waals surface area contributed by atoms with Crippen LogP contribution in [-0.2, 0) is 14.1 Å². The third kappa shape index (κ3) is 5.32. The molecule has 0 amide bonds. The zero-order valence-electron chi connectivity index (χ0n) is 17.7. The number of thioether (sulfide) groups is 1. The zero-order chi connectivity index (χ0) is 21.1. The van der Waals surface area contributed by atoms with Crippen molar-refractivity contribution in [2.45, 2.75) is 45.8 Å². The van der Waals surface area contributed by atoms with E-state index < -0.39 is 18.3 Å². The highest BCUT2D eigenvalue weighted by molar-refractivity contribution is 8.13. The van der Waals surface area contributed by atoms with Crippen LogP contribution in [0.4, 0.5) is 11.4 Å². The average Bonchev–Trinajstić information content (AvgIpc) is 2.88. The monoisotopic (exact) mass is 409 g/mol. The van der Waals surface area contributed by atoms with Gasteiger partial charge in [-0.05, 0) is 56.9 Å². The van der Waals surface area contributed by atoms with Crippen LogP contribution in [-0.4, -0.2) is 29.2 Å². The van der Waals surface area contributed by atoms with Crippen molar-refractivity contribution in [2.75, 3.05) is 11.1 Å². The molecule has 1 aliphatic heterocycles. The minimum Gasteiger partial charge on any atom is -0.400 e. The van der Waals surface area contributed by atoms with Gasteiger partial charge >= 0.3 is 7.12 Å². The Morgan fingerprint density at radius 1 is 1.00 bits per heavy atom. The van der Waals surface area contributed by atoms with E-state index in [-0.39, 0.29) is 5.12 Å². The average molecular weight is 409 g/mol. The van der Waals surface area contributed by atoms with Crippen molar-refractivity contribution >= 4 is 41.4 Å². The molecule has 2 aromatic rings. The maximum Gasteiger partial charge on any atom is 0.491 e. The lowest BCUT2D eigenvalue weighted by Crippen LogP contribution is -2.41. The van der Waals surface area contributed by atoms with Crippen LogP contribution < -0.4 is 5.32 Å². The topological polar surface area (TPSA) is 47.6 Å². The van der Waals surface area contributed by atoms with Crippen molar-refractivity contribution in [1.29, 1.82) is 0 Å². The van der Waals surface area contributed by atoms with Crippen molar-refractivity contribution in [3.63, 3.8) is 0 Å². The Balaban J connectivity index is 1.93. The van der Waals surface area contributed by atoms with Gasteiger partial charge in [0.15, 0.2) is 5.12 Å². The van der Waals surface area contributed by atoms with Crippen molar-refractivity contribution in [2.24, 2.45) is 0 Å². The Morgan fingerprint density at radius 3 is 2.21 bits per heavy atom. The van der Waals surface area contributed by atoms with E-state index in [1.165, 1.54) is 11.8 Å². The molecule has 29 heavy (non-hydrogen) atoms. The molecule has 0 aliphatic carbocycles. The molecule has 3 rings (SSSR count). The molecule has 1 fully saturated rings. The summed E-state index contributed by atoms with van der Waals surface area (Å²) in [6, 6.07) is 18.1. The highest BCUT2D eigenvalue weighted by Crippen LogP contribution is 2.39. The van der Waals surface area contributed by atoms with E-state index in [0.717, 1.165) is 22.4 Å². The third-order valence-corrected chi connectivity index (χ3v) is 6.24. The Bertz CT molecular complexity index is 880. The molecule has 1 aliphatic rings. The summed E-state index contributed by atoms with van der Waals surface area (Å²) in [7, 11) is -0.489. The lowest BCUT2D eigenvalue weighted by atomic mass is 9.78. The summed E-state index contributed by atoms with van der Waals surface area (Å²) in [5.74, 6) is 0.520. The number of carbonyl (C=O) groups excluding carboxylic acids is 1. The van der Waals surface area contributed by atoms with Gasteiger partial charge in [-0.2, -0.15) is 0 Å². The van der Waals surface area contributed by atoms with Crippen LogP contribution in [0.25, 0.3) is 6.08 Å². The molecule has 0 atom stereocenters. The number of hydrogen-bond donors (Lipinski definition) is 1. The van der Waals surface area contributed by atoms with Gasteiger partial charge in [0, 0.05) is 24.1 Å². The summed E-state index contributed by atoms with van der Waals surface area (Å²) in [6.45, 7) is 9.72. The molecule has 0 aromatic heterocycles. The zero-order valence-corrected chi connectivity index (χ0v) is 18.5. The molecule has 1 saturated heterocycles. The molecular weight excluding hydrogens is 381 g/mol. The Kier molecular flexibility index (Phi) is 6.57. The fourth-order valence-corrected chi connectivity index (χ4v) is 3.56. The summed E-state index contributed by atoms with van der Waals surface area (Å²) in [4.78, 5) is 11.6. The Hall–Kier alpha value is -2.02. The molecule has 0 bridgehead atoms. The molecule has 1 heterocycles. The summed E-state index contributed by atoms with van der Waals surface area (Å²) in [5.41, 5.74) is 3.10. The first kappa shape index (κ1) is 21.7. The van der Waals surface area contributed by atoms with Crippen LogP contribution in [0.3, 0.4) is 0 Å². The van der Waals surface area contributed by atoms with Crippen molar-refractivity contribution in [1.82, 2.24) is 0 Å². The van der Waals surface area contributed by atoms with E-state index in [1.807, 2.05) is 76.2 Å². The summed E-state index contributed by atoms with van der Waals surface area (Å²) < 4.78 is 12.5. The molecule has 6 heteroatoms. The van der Waals surface area contributed by atoms with Crippen molar-refractivity contribution in [3.8, 4) is 0 Å². The number of hydrogen-bond acceptors (Lipinski definition) is 5. The number of para-hydroxylation sites is 2. The summed E-state index contributed by atoms with van der Waals surface area (Å²) >= 11 is 1.27. The fraction of sp³-hybridized carbons (Fsp3) is 0.348. The van der Waals surface area contributed by atoms with Crippen LogP contribution in [0.2, 0.25) is 0 Å². The first-order valence-electron chi connectivity index (χ1n) is 9.78. The van der Waals surface area contributed by atoms with E-state index >= 15 is 0 Å². The third-order valence-electron chi connectivity index (χ3n) is 5.35. The van der Waals surface area contributed by atoms with Gasteiger partial charge in [-0.1, -0.05) is 54.2 Å². The van der Waals surface area contributed by atoms with E-state index in [4.69, 9.17) is 9.31 Å². The second kappa shape index (κ2) is 8.78. The minimum atomic E-state index is -0.489. The van der Waals surface area contributed by atoms with Gasteiger partial charge in [-0.25, -0.2) is 0 Å². The van der Waals surface area contributed by atoms with Crippen LogP contribution >= 0.6 is 11.8 Å². The first-order valence-corrected chi connectivity index (χ1v) is 10.8. The summed E-state index contributed by atoms with van der Waals surface area (Å²) in [6.07, 6.45) is 2.07. The number of benzene rings is 2. The van der Waals surface area contributed by atoms with Gasteiger partial charge in [0.2, 0.25) is 0 Å². The fourth-order valence-electron chi connectivity index (χ4n) is 2.97. The van der Waals surface area contributed by atoms with E-state index in [9.17, 15) is 4.79 Å². The minimum absolute atomic E-state index is 0.0723. The van der Waals surface area contributed by atoms with Gasteiger partial charge < -0.3 is 14.6 Å². The largest absolute Gasteiger partial charge is 0.491 e. The molecule has 2 aromatic carbocycles. The molecule has 152 valence electrons. The van der Waals surface area contributed by atoms with E-state index in [2.05, 4.69) is 17.5 Å². The predicted molar refractivity (Wildman–Crippen MR) is 123 cm³/mol. The molecule has 0 spiro atoms. The Labute approximate surface area is 178 Å². The second-order valence-electron chi connectivity index (χ2n) is 8.17. The molecule has 0 saturated carbocycles. The number of carbonyl (C=O) groups is 1. The molecule has 0 radical (unpaired) electrons. The normalized spacial score (nSPS) is 18.0. The Morgan fingerprint density at radius 2 is 1.59 bits per heavy atom. The number of anilines is 2. The van der Waals surface area contributed by atoms with Gasteiger partial charge in [0.1, 0.15) is 0 Å².